The van der Waals surface area contributed by atoms with Crippen molar-refractivity contribution < 1.29 is 5.11 Å². The average Bonchev–Trinajstić information content (AvgIpc) is 2.00. The van der Waals surface area contributed by atoms with Crippen LogP contribution in [0.3, 0.4) is 0 Å². The first kappa shape index (κ1) is 13.0. The second kappa shape index (κ2) is 4.45. The fraction of sp³-hybridized carbons (Fsp3) is 1.00. The molecule has 0 atom stereocenters. The molecule has 0 saturated heterocycles. The van der Waals surface area contributed by atoms with Gasteiger partial charge in [-0.3, -0.25) is 0 Å². The van der Waals surface area contributed by atoms with Gasteiger partial charge in [-0.25, -0.2) is 0 Å². The van der Waals surface area contributed by atoms with Crippen molar-refractivity contribution in [3.8, 4) is 0 Å². The lowest BCUT2D eigenvalue weighted by atomic mass is 9.68. The SMILES string of the molecule is CC(C)(O)CC1CCC(C(C)(C)C)CC1. The Morgan fingerprint density at radius 2 is 1.40 bits per heavy atom. The van der Waals surface area contributed by atoms with E-state index in [1.807, 2.05) is 13.8 Å². The van der Waals surface area contributed by atoms with Crippen LogP contribution in [-0.4, -0.2) is 10.7 Å². The highest BCUT2D eigenvalue weighted by molar-refractivity contribution is 4.82. The van der Waals surface area contributed by atoms with E-state index < -0.39 is 5.60 Å². The normalized spacial score (nSPS) is 29.2. The third-order valence-electron chi connectivity index (χ3n) is 3.86. The first-order valence-electron chi connectivity index (χ1n) is 6.41. The highest BCUT2D eigenvalue weighted by atomic mass is 16.3. The highest BCUT2D eigenvalue weighted by Gasteiger charge is 2.31. The molecule has 1 N–H and O–H groups in total. The predicted octanol–water partition coefficient (Wildman–Crippen LogP) is 4.00. The van der Waals surface area contributed by atoms with E-state index in [9.17, 15) is 5.11 Å². The Morgan fingerprint density at radius 3 is 1.73 bits per heavy atom. The maximum atomic E-state index is 9.80. The van der Waals surface area contributed by atoms with Crippen molar-refractivity contribution in [2.24, 2.45) is 17.3 Å². The lowest BCUT2D eigenvalue weighted by Crippen LogP contribution is -2.29. The van der Waals surface area contributed by atoms with Gasteiger partial charge < -0.3 is 5.11 Å². The minimum absolute atomic E-state index is 0.472. The highest BCUT2D eigenvalue weighted by Crippen LogP contribution is 2.41. The monoisotopic (exact) mass is 212 g/mol. The van der Waals surface area contributed by atoms with Crippen molar-refractivity contribution in [3.05, 3.63) is 0 Å². The standard InChI is InChI=1S/C14H28O/c1-13(2,3)12-8-6-11(7-9-12)10-14(4,5)15/h11-12,15H,6-10H2,1-5H3. The van der Waals surface area contributed by atoms with E-state index in [2.05, 4.69) is 20.8 Å². The van der Waals surface area contributed by atoms with Gasteiger partial charge in [0.15, 0.2) is 0 Å². The molecule has 0 amide bonds. The molecular formula is C14H28O. The van der Waals surface area contributed by atoms with Gasteiger partial charge in [-0.2, -0.15) is 0 Å². The molecule has 1 rings (SSSR count). The second-order valence-electron chi connectivity index (χ2n) is 7.10. The Morgan fingerprint density at radius 1 is 0.933 bits per heavy atom. The third kappa shape index (κ3) is 4.55. The number of hydrogen-bond donors (Lipinski definition) is 1. The van der Waals surface area contributed by atoms with E-state index in [4.69, 9.17) is 0 Å². The smallest absolute Gasteiger partial charge is 0.0594 e. The molecule has 0 spiro atoms. The zero-order valence-corrected chi connectivity index (χ0v) is 11.1. The lowest BCUT2D eigenvalue weighted by molar-refractivity contribution is 0.0357. The van der Waals surface area contributed by atoms with E-state index in [-0.39, 0.29) is 0 Å². The summed E-state index contributed by atoms with van der Waals surface area (Å²) in [6.45, 7) is 10.9. The molecule has 1 heteroatoms. The van der Waals surface area contributed by atoms with Crippen LogP contribution < -0.4 is 0 Å². The van der Waals surface area contributed by atoms with Gasteiger partial charge in [-0.05, 0) is 50.4 Å². The largest absolute Gasteiger partial charge is 0.390 e. The summed E-state index contributed by atoms with van der Waals surface area (Å²) in [5, 5.41) is 9.80. The summed E-state index contributed by atoms with van der Waals surface area (Å²) in [4.78, 5) is 0. The summed E-state index contributed by atoms with van der Waals surface area (Å²) in [7, 11) is 0. The molecule has 0 aliphatic heterocycles. The molecular weight excluding hydrogens is 184 g/mol. The molecule has 1 aliphatic carbocycles. The van der Waals surface area contributed by atoms with Crippen molar-refractivity contribution in [1.82, 2.24) is 0 Å². The molecule has 1 nitrogen and oxygen atoms in total. The summed E-state index contributed by atoms with van der Waals surface area (Å²) in [6, 6.07) is 0. The van der Waals surface area contributed by atoms with Crippen LogP contribution in [-0.2, 0) is 0 Å². The first-order valence-corrected chi connectivity index (χ1v) is 6.41. The van der Waals surface area contributed by atoms with Crippen LogP contribution in [0, 0.1) is 17.3 Å². The lowest BCUT2D eigenvalue weighted by Gasteiger charge is -2.38. The van der Waals surface area contributed by atoms with Crippen LogP contribution in [0.1, 0.15) is 66.7 Å². The molecule has 0 unspecified atom stereocenters. The van der Waals surface area contributed by atoms with Gasteiger partial charge in [-0.1, -0.05) is 33.6 Å². The average molecular weight is 212 g/mol. The minimum atomic E-state index is -0.473. The number of aliphatic hydroxyl groups is 1. The van der Waals surface area contributed by atoms with E-state index in [0.29, 0.717) is 5.41 Å². The molecule has 0 aromatic rings. The van der Waals surface area contributed by atoms with E-state index in [1.165, 1.54) is 25.7 Å². The molecule has 15 heavy (non-hydrogen) atoms. The quantitative estimate of drug-likeness (QED) is 0.733. The van der Waals surface area contributed by atoms with Crippen LogP contribution in [0.15, 0.2) is 0 Å². The first-order chi connectivity index (χ1) is 6.68. The molecule has 0 bridgehead atoms. The fourth-order valence-corrected chi connectivity index (χ4v) is 2.94. The molecule has 0 radical (unpaired) electrons. The van der Waals surface area contributed by atoms with Crippen LogP contribution in [0.2, 0.25) is 0 Å². The Kier molecular flexibility index (Phi) is 3.86. The zero-order chi connectivity index (χ0) is 11.7. The van der Waals surface area contributed by atoms with Crippen molar-refractivity contribution in [3.63, 3.8) is 0 Å². The number of hydrogen-bond acceptors (Lipinski definition) is 1. The summed E-state index contributed by atoms with van der Waals surface area (Å²) in [5.41, 5.74) is -0.00105. The van der Waals surface area contributed by atoms with Gasteiger partial charge in [0, 0.05) is 0 Å². The Hall–Kier alpha value is -0.0400. The maximum absolute atomic E-state index is 9.80. The van der Waals surface area contributed by atoms with E-state index >= 15 is 0 Å². The van der Waals surface area contributed by atoms with Crippen LogP contribution >= 0.6 is 0 Å². The summed E-state index contributed by atoms with van der Waals surface area (Å²) in [6.07, 6.45) is 6.30. The molecule has 1 fully saturated rings. The summed E-state index contributed by atoms with van der Waals surface area (Å²) < 4.78 is 0. The molecule has 0 heterocycles. The number of rotatable bonds is 2. The van der Waals surface area contributed by atoms with Gasteiger partial charge in [0.05, 0.1) is 5.60 Å². The Labute approximate surface area is 95.3 Å². The predicted molar refractivity (Wildman–Crippen MR) is 65.8 cm³/mol. The van der Waals surface area contributed by atoms with E-state index in [1.54, 1.807) is 0 Å². The van der Waals surface area contributed by atoms with E-state index in [0.717, 1.165) is 18.3 Å². The maximum Gasteiger partial charge on any atom is 0.0594 e. The van der Waals surface area contributed by atoms with Gasteiger partial charge in [-0.15, -0.1) is 0 Å². The van der Waals surface area contributed by atoms with Crippen molar-refractivity contribution >= 4 is 0 Å². The Balaban J connectivity index is 2.37. The summed E-state index contributed by atoms with van der Waals surface area (Å²) >= 11 is 0. The molecule has 90 valence electrons. The van der Waals surface area contributed by atoms with Gasteiger partial charge in [0.25, 0.3) is 0 Å². The topological polar surface area (TPSA) is 20.2 Å². The molecule has 0 aromatic carbocycles. The van der Waals surface area contributed by atoms with Crippen LogP contribution in [0.4, 0.5) is 0 Å². The fourth-order valence-electron chi connectivity index (χ4n) is 2.94. The molecule has 1 aliphatic rings. The van der Waals surface area contributed by atoms with Crippen molar-refractivity contribution in [2.75, 3.05) is 0 Å². The summed E-state index contributed by atoms with van der Waals surface area (Å²) in [5.74, 6) is 1.64. The Bertz CT molecular complexity index is 186. The second-order valence-corrected chi connectivity index (χ2v) is 7.10. The molecule has 1 saturated carbocycles. The molecule has 0 aromatic heterocycles. The minimum Gasteiger partial charge on any atom is -0.390 e. The van der Waals surface area contributed by atoms with Gasteiger partial charge in [0.1, 0.15) is 0 Å². The zero-order valence-electron chi connectivity index (χ0n) is 11.1. The van der Waals surface area contributed by atoms with Gasteiger partial charge in [0.2, 0.25) is 0 Å². The van der Waals surface area contributed by atoms with Crippen molar-refractivity contribution in [1.29, 1.82) is 0 Å². The third-order valence-corrected chi connectivity index (χ3v) is 3.86. The van der Waals surface area contributed by atoms with Crippen LogP contribution in [0.5, 0.6) is 0 Å². The van der Waals surface area contributed by atoms with Crippen molar-refractivity contribution in [2.45, 2.75) is 72.3 Å². The van der Waals surface area contributed by atoms with Gasteiger partial charge >= 0.3 is 0 Å². The van der Waals surface area contributed by atoms with Crippen LogP contribution in [0.25, 0.3) is 0 Å².